The molecule has 2 N–H and O–H groups in total. The Morgan fingerprint density at radius 2 is 1.87 bits per heavy atom. The van der Waals surface area contributed by atoms with Gasteiger partial charge in [-0.15, -0.1) is 0 Å². The molecule has 0 aromatic heterocycles. The first-order valence-electron chi connectivity index (χ1n) is 7.17. The number of ether oxygens (including phenoxy) is 1. The zero-order valence-corrected chi connectivity index (χ0v) is 14.2. The van der Waals surface area contributed by atoms with Crippen LogP contribution in [0.3, 0.4) is 0 Å². The SMILES string of the molecule is COc1ccc(NC(=O)CCNCc2ccc(Cl)cc2)cc1Cl. The van der Waals surface area contributed by atoms with Gasteiger partial charge in [0, 0.05) is 30.2 Å². The molecule has 0 aliphatic heterocycles. The molecule has 0 fully saturated rings. The van der Waals surface area contributed by atoms with Gasteiger partial charge in [-0.3, -0.25) is 4.79 Å². The maximum atomic E-state index is 11.9. The van der Waals surface area contributed by atoms with Crippen molar-refractivity contribution >= 4 is 34.8 Å². The summed E-state index contributed by atoms with van der Waals surface area (Å²) in [6.07, 6.45) is 0.372. The van der Waals surface area contributed by atoms with Crippen molar-refractivity contribution in [2.75, 3.05) is 19.0 Å². The highest BCUT2D eigenvalue weighted by Crippen LogP contribution is 2.27. The van der Waals surface area contributed by atoms with Crippen LogP contribution >= 0.6 is 23.2 Å². The van der Waals surface area contributed by atoms with E-state index in [9.17, 15) is 4.79 Å². The summed E-state index contributed by atoms with van der Waals surface area (Å²) >= 11 is 11.9. The molecule has 0 aliphatic rings. The van der Waals surface area contributed by atoms with Gasteiger partial charge in [-0.05, 0) is 35.9 Å². The molecule has 2 rings (SSSR count). The maximum absolute atomic E-state index is 11.9. The fraction of sp³-hybridized carbons (Fsp3) is 0.235. The second-order valence-corrected chi connectivity index (χ2v) is 5.79. The number of methoxy groups -OCH3 is 1. The molecule has 0 saturated heterocycles. The van der Waals surface area contributed by atoms with Crippen molar-refractivity contribution in [2.24, 2.45) is 0 Å². The molecule has 0 saturated carbocycles. The minimum absolute atomic E-state index is 0.0742. The summed E-state index contributed by atoms with van der Waals surface area (Å²) < 4.78 is 5.07. The third kappa shape index (κ3) is 5.75. The van der Waals surface area contributed by atoms with E-state index in [4.69, 9.17) is 27.9 Å². The Kier molecular flexibility index (Phi) is 6.71. The molecule has 0 bridgehead atoms. The molecule has 23 heavy (non-hydrogen) atoms. The number of hydrogen-bond acceptors (Lipinski definition) is 3. The van der Waals surface area contributed by atoms with Gasteiger partial charge < -0.3 is 15.4 Å². The number of rotatable bonds is 7. The average molecular weight is 353 g/mol. The van der Waals surface area contributed by atoms with Crippen LogP contribution in [0.25, 0.3) is 0 Å². The topological polar surface area (TPSA) is 50.4 Å². The number of benzene rings is 2. The number of halogens is 2. The Hall–Kier alpha value is -1.75. The van der Waals surface area contributed by atoms with E-state index in [0.717, 1.165) is 5.56 Å². The van der Waals surface area contributed by atoms with Crippen molar-refractivity contribution < 1.29 is 9.53 Å². The van der Waals surface area contributed by atoms with Gasteiger partial charge in [-0.2, -0.15) is 0 Å². The van der Waals surface area contributed by atoms with Gasteiger partial charge >= 0.3 is 0 Å². The van der Waals surface area contributed by atoms with Crippen LogP contribution in [0.2, 0.25) is 10.0 Å². The lowest BCUT2D eigenvalue weighted by Gasteiger charge is -2.09. The van der Waals surface area contributed by atoms with E-state index in [1.807, 2.05) is 24.3 Å². The largest absolute Gasteiger partial charge is 0.495 e. The lowest BCUT2D eigenvalue weighted by molar-refractivity contribution is -0.116. The molecular formula is C17H18Cl2N2O2. The van der Waals surface area contributed by atoms with E-state index in [2.05, 4.69) is 10.6 Å². The summed E-state index contributed by atoms with van der Waals surface area (Å²) in [4.78, 5) is 11.9. The minimum Gasteiger partial charge on any atom is -0.495 e. The summed E-state index contributed by atoms with van der Waals surface area (Å²) in [6, 6.07) is 12.7. The van der Waals surface area contributed by atoms with Gasteiger partial charge in [0.25, 0.3) is 0 Å². The Bertz CT molecular complexity index is 660. The first-order chi connectivity index (χ1) is 11.1. The van der Waals surface area contributed by atoms with E-state index < -0.39 is 0 Å². The summed E-state index contributed by atoms with van der Waals surface area (Å²) in [5.41, 5.74) is 1.77. The quantitative estimate of drug-likeness (QED) is 0.737. The Morgan fingerprint density at radius 1 is 1.13 bits per heavy atom. The molecule has 2 aromatic carbocycles. The van der Waals surface area contributed by atoms with Crippen molar-refractivity contribution in [1.29, 1.82) is 0 Å². The number of carbonyl (C=O) groups excluding carboxylic acids is 1. The smallest absolute Gasteiger partial charge is 0.225 e. The first kappa shape index (κ1) is 17.6. The lowest BCUT2D eigenvalue weighted by Crippen LogP contribution is -2.21. The molecule has 4 nitrogen and oxygen atoms in total. The third-order valence-corrected chi connectivity index (χ3v) is 3.75. The van der Waals surface area contributed by atoms with Crippen LogP contribution in [-0.2, 0) is 11.3 Å². The van der Waals surface area contributed by atoms with Crippen LogP contribution < -0.4 is 15.4 Å². The van der Waals surface area contributed by atoms with Crippen LogP contribution in [0.5, 0.6) is 5.75 Å². The molecule has 0 aliphatic carbocycles. The number of nitrogens with one attached hydrogen (secondary N) is 2. The normalized spacial score (nSPS) is 10.4. The molecular weight excluding hydrogens is 335 g/mol. The molecule has 6 heteroatoms. The average Bonchev–Trinajstić information content (AvgIpc) is 2.53. The number of anilines is 1. The van der Waals surface area contributed by atoms with Crippen molar-refractivity contribution in [3.63, 3.8) is 0 Å². The number of carbonyl (C=O) groups is 1. The van der Waals surface area contributed by atoms with E-state index >= 15 is 0 Å². The number of amides is 1. The molecule has 0 heterocycles. The summed E-state index contributed by atoms with van der Waals surface area (Å²) in [5.74, 6) is 0.504. The van der Waals surface area contributed by atoms with Crippen LogP contribution in [0.4, 0.5) is 5.69 Å². The van der Waals surface area contributed by atoms with Gasteiger partial charge in [-0.1, -0.05) is 35.3 Å². The highest BCUT2D eigenvalue weighted by atomic mass is 35.5. The van der Waals surface area contributed by atoms with E-state index in [-0.39, 0.29) is 5.91 Å². The van der Waals surface area contributed by atoms with Crippen LogP contribution in [0.1, 0.15) is 12.0 Å². The van der Waals surface area contributed by atoms with Gasteiger partial charge in [0.1, 0.15) is 5.75 Å². The van der Waals surface area contributed by atoms with Gasteiger partial charge in [0.2, 0.25) is 5.91 Å². The Morgan fingerprint density at radius 3 is 2.52 bits per heavy atom. The second kappa shape index (κ2) is 8.77. The predicted octanol–water partition coefficient (Wildman–Crippen LogP) is 4.12. The molecule has 0 spiro atoms. The monoisotopic (exact) mass is 352 g/mol. The maximum Gasteiger partial charge on any atom is 0.225 e. The van der Waals surface area contributed by atoms with Crippen LogP contribution in [0.15, 0.2) is 42.5 Å². The summed E-state index contributed by atoms with van der Waals surface area (Å²) in [7, 11) is 1.55. The first-order valence-corrected chi connectivity index (χ1v) is 7.92. The molecule has 2 aromatic rings. The van der Waals surface area contributed by atoms with Gasteiger partial charge in [0.05, 0.1) is 12.1 Å². The van der Waals surface area contributed by atoms with Gasteiger partial charge in [0.15, 0.2) is 0 Å². The fourth-order valence-electron chi connectivity index (χ4n) is 2.00. The zero-order chi connectivity index (χ0) is 16.7. The van der Waals surface area contributed by atoms with Crippen LogP contribution in [0, 0.1) is 0 Å². The summed E-state index contributed by atoms with van der Waals surface area (Å²) in [5, 5.41) is 7.20. The standard InChI is InChI=1S/C17H18Cl2N2O2/c1-23-16-7-6-14(10-15(16)19)21-17(22)8-9-20-11-12-2-4-13(18)5-3-12/h2-7,10,20H,8-9,11H2,1H3,(H,21,22). The molecule has 0 atom stereocenters. The van der Waals surface area contributed by atoms with Crippen molar-refractivity contribution in [2.45, 2.75) is 13.0 Å². The van der Waals surface area contributed by atoms with Crippen molar-refractivity contribution in [3.05, 3.63) is 58.1 Å². The third-order valence-electron chi connectivity index (χ3n) is 3.21. The predicted molar refractivity (Wildman–Crippen MR) is 94.4 cm³/mol. The number of hydrogen-bond donors (Lipinski definition) is 2. The summed E-state index contributed by atoms with van der Waals surface area (Å²) in [6.45, 7) is 1.27. The molecule has 1 amide bonds. The molecule has 0 unspecified atom stereocenters. The fourth-order valence-corrected chi connectivity index (χ4v) is 2.39. The lowest BCUT2D eigenvalue weighted by atomic mass is 10.2. The van der Waals surface area contributed by atoms with Crippen molar-refractivity contribution in [3.8, 4) is 5.75 Å². The Balaban J connectivity index is 1.72. The van der Waals surface area contributed by atoms with Crippen LogP contribution in [-0.4, -0.2) is 19.6 Å². The molecule has 0 radical (unpaired) electrons. The Labute approximate surface area is 145 Å². The van der Waals surface area contributed by atoms with E-state index in [0.29, 0.717) is 41.0 Å². The highest BCUT2D eigenvalue weighted by Gasteiger charge is 2.05. The van der Waals surface area contributed by atoms with Gasteiger partial charge in [-0.25, -0.2) is 0 Å². The second-order valence-electron chi connectivity index (χ2n) is 4.95. The zero-order valence-electron chi connectivity index (χ0n) is 12.7. The van der Waals surface area contributed by atoms with E-state index in [1.165, 1.54) is 0 Å². The highest BCUT2D eigenvalue weighted by molar-refractivity contribution is 6.32. The minimum atomic E-state index is -0.0742. The van der Waals surface area contributed by atoms with E-state index in [1.54, 1.807) is 25.3 Å². The molecule has 122 valence electrons. The van der Waals surface area contributed by atoms with Crippen molar-refractivity contribution in [1.82, 2.24) is 5.32 Å².